The number of rotatable bonds is 10. The molecule has 0 aromatic heterocycles. The number of aliphatic hydroxyl groups is 1. The number of halogens is 2. The molecule has 1 aliphatic heterocycles. The van der Waals surface area contributed by atoms with Gasteiger partial charge in [0.25, 0.3) is 0 Å². The summed E-state index contributed by atoms with van der Waals surface area (Å²) >= 11 is 0. The summed E-state index contributed by atoms with van der Waals surface area (Å²) in [6.45, 7) is -1.28. The molecule has 0 saturated heterocycles. The molecule has 2 atom stereocenters. The van der Waals surface area contributed by atoms with E-state index >= 15 is 0 Å². The van der Waals surface area contributed by atoms with Gasteiger partial charge in [0.05, 0.1) is 6.61 Å². The van der Waals surface area contributed by atoms with E-state index in [1.807, 2.05) is 0 Å². The molecule has 0 radical (unpaired) electrons. The standard InChI is InChI=1S/C20H19F2O9P/c21-14-5-1-12(2-6-14)10-28-18-17(16(9-23)31-32(25,26)27)30-20(24)19(18)29-11-13-3-7-15(22)8-4-13/h1-8,16-17,23H,9-11H2,(H2,25,26,27)/t16-,17-/m0/s1. The van der Waals surface area contributed by atoms with Crippen LogP contribution in [0.25, 0.3) is 0 Å². The van der Waals surface area contributed by atoms with Crippen molar-refractivity contribution in [2.75, 3.05) is 6.61 Å². The fraction of sp³-hybridized carbons (Fsp3) is 0.250. The molecule has 32 heavy (non-hydrogen) atoms. The van der Waals surface area contributed by atoms with Crippen LogP contribution in [-0.4, -0.2) is 39.7 Å². The number of carbonyl (C=O) groups is 1. The number of esters is 1. The van der Waals surface area contributed by atoms with E-state index in [1.54, 1.807) is 0 Å². The van der Waals surface area contributed by atoms with Crippen molar-refractivity contribution in [1.82, 2.24) is 0 Å². The van der Waals surface area contributed by atoms with Crippen molar-refractivity contribution in [2.45, 2.75) is 25.4 Å². The number of benzene rings is 2. The normalized spacial score (nSPS) is 17.3. The topological polar surface area (TPSA) is 132 Å². The molecule has 3 N–H and O–H groups in total. The van der Waals surface area contributed by atoms with Gasteiger partial charge in [-0.1, -0.05) is 24.3 Å². The average molecular weight is 472 g/mol. The molecule has 0 aliphatic carbocycles. The molecule has 3 rings (SSSR count). The Morgan fingerprint density at radius 3 is 1.91 bits per heavy atom. The molecule has 0 bridgehead atoms. The molecule has 12 heteroatoms. The van der Waals surface area contributed by atoms with Gasteiger partial charge in [0, 0.05) is 0 Å². The van der Waals surface area contributed by atoms with E-state index in [0.29, 0.717) is 11.1 Å². The fourth-order valence-electron chi connectivity index (χ4n) is 2.81. The molecular weight excluding hydrogens is 453 g/mol. The zero-order valence-electron chi connectivity index (χ0n) is 16.4. The molecule has 0 amide bonds. The molecule has 1 aliphatic rings. The lowest BCUT2D eigenvalue weighted by Gasteiger charge is -2.23. The minimum Gasteiger partial charge on any atom is -0.485 e. The van der Waals surface area contributed by atoms with Crippen LogP contribution in [0.1, 0.15) is 11.1 Å². The Balaban J connectivity index is 1.86. The van der Waals surface area contributed by atoms with Crippen LogP contribution in [0.2, 0.25) is 0 Å². The molecule has 9 nitrogen and oxygen atoms in total. The van der Waals surface area contributed by atoms with E-state index in [0.717, 1.165) is 0 Å². The van der Waals surface area contributed by atoms with Crippen LogP contribution in [0.5, 0.6) is 0 Å². The van der Waals surface area contributed by atoms with Crippen molar-refractivity contribution in [3.8, 4) is 0 Å². The van der Waals surface area contributed by atoms with Crippen LogP contribution >= 0.6 is 7.82 Å². The van der Waals surface area contributed by atoms with Gasteiger partial charge in [-0.3, -0.25) is 4.52 Å². The quantitative estimate of drug-likeness (QED) is 0.352. The summed E-state index contributed by atoms with van der Waals surface area (Å²) in [5.74, 6) is -2.62. The molecule has 0 saturated carbocycles. The third-order valence-corrected chi connectivity index (χ3v) is 4.84. The van der Waals surface area contributed by atoms with E-state index < -0.39 is 50.0 Å². The lowest BCUT2D eigenvalue weighted by atomic mass is 10.1. The first-order chi connectivity index (χ1) is 15.2. The first kappa shape index (κ1) is 23.8. The van der Waals surface area contributed by atoms with E-state index in [-0.39, 0.29) is 19.0 Å². The van der Waals surface area contributed by atoms with Gasteiger partial charge in [-0.2, -0.15) is 0 Å². The predicted molar refractivity (Wildman–Crippen MR) is 103 cm³/mol. The Morgan fingerprint density at radius 2 is 1.44 bits per heavy atom. The molecule has 1 heterocycles. The van der Waals surface area contributed by atoms with Crippen LogP contribution in [0, 0.1) is 11.6 Å². The second-order valence-electron chi connectivity index (χ2n) is 6.67. The maximum absolute atomic E-state index is 13.1. The van der Waals surface area contributed by atoms with Gasteiger partial charge in [-0.25, -0.2) is 18.1 Å². The Morgan fingerprint density at radius 1 is 0.938 bits per heavy atom. The SMILES string of the molecule is O=C1O[C@@H]([C@H](CO)OP(=O)(O)O)C(OCc2ccc(F)cc2)=C1OCc1ccc(F)cc1. The lowest BCUT2D eigenvalue weighted by Crippen LogP contribution is -2.34. The van der Waals surface area contributed by atoms with Crippen molar-refractivity contribution in [2.24, 2.45) is 0 Å². The maximum Gasteiger partial charge on any atom is 0.470 e. The van der Waals surface area contributed by atoms with Gasteiger partial charge >= 0.3 is 13.8 Å². The van der Waals surface area contributed by atoms with E-state index in [1.165, 1.54) is 48.5 Å². The minimum absolute atomic E-state index is 0.177. The van der Waals surface area contributed by atoms with Crippen LogP contribution in [0.4, 0.5) is 8.78 Å². The summed E-state index contributed by atoms with van der Waals surface area (Å²) in [5.41, 5.74) is 1.02. The van der Waals surface area contributed by atoms with Crippen molar-refractivity contribution in [1.29, 1.82) is 0 Å². The van der Waals surface area contributed by atoms with E-state index in [9.17, 15) is 23.2 Å². The van der Waals surface area contributed by atoms with Crippen LogP contribution in [-0.2, 0) is 41.3 Å². The zero-order valence-corrected chi connectivity index (χ0v) is 17.3. The third kappa shape index (κ3) is 6.35. The maximum atomic E-state index is 13.1. The summed E-state index contributed by atoms with van der Waals surface area (Å²) in [6, 6.07) is 10.5. The fourth-order valence-corrected chi connectivity index (χ4v) is 3.34. The summed E-state index contributed by atoms with van der Waals surface area (Å²) in [4.78, 5) is 30.6. The molecular formula is C20H19F2O9P. The second-order valence-corrected chi connectivity index (χ2v) is 7.86. The van der Waals surface area contributed by atoms with Crippen LogP contribution in [0.3, 0.4) is 0 Å². The van der Waals surface area contributed by atoms with Gasteiger partial charge in [0.15, 0.2) is 11.9 Å². The van der Waals surface area contributed by atoms with Gasteiger partial charge in [0.2, 0.25) is 5.76 Å². The Kier molecular flexibility index (Phi) is 7.60. The Bertz CT molecular complexity index is 1020. The number of phosphoric acid groups is 1. The number of hydrogen-bond donors (Lipinski definition) is 3. The highest BCUT2D eigenvalue weighted by atomic mass is 31.2. The van der Waals surface area contributed by atoms with Gasteiger partial charge in [-0.05, 0) is 35.4 Å². The highest BCUT2D eigenvalue weighted by Gasteiger charge is 2.45. The number of carbonyl (C=O) groups excluding carboxylic acids is 1. The Hall–Kier alpha value is -2.82. The average Bonchev–Trinajstić information content (AvgIpc) is 3.05. The molecule has 172 valence electrons. The number of aliphatic hydroxyl groups excluding tert-OH is 1. The van der Waals surface area contributed by atoms with Crippen molar-refractivity contribution < 1.29 is 51.8 Å². The van der Waals surface area contributed by atoms with Gasteiger partial charge < -0.3 is 29.1 Å². The van der Waals surface area contributed by atoms with Crippen molar-refractivity contribution in [3.05, 3.63) is 82.8 Å². The van der Waals surface area contributed by atoms with Crippen molar-refractivity contribution in [3.63, 3.8) is 0 Å². The van der Waals surface area contributed by atoms with Crippen LogP contribution < -0.4 is 0 Å². The molecule has 2 aromatic carbocycles. The Labute approximate surface area is 181 Å². The predicted octanol–water partition coefficient (Wildman–Crippen LogP) is 2.31. The van der Waals surface area contributed by atoms with Gasteiger partial charge in [0.1, 0.15) is 31.0 Å². The smallest absolute Gasteiger partial charge is 0.470 e. The first-order valence-electron chi connectivity index (χ1n) is 9.20. The summed E-state index contributed by atoms with van der Waals surface area (Å²) < 4.78 is 58.2. The number of cyclic esters (lactones) is 1. The van der Waals surface area contributed by atoms with Crippen LogP contribution in [0.15, 0.2) is 60.0 Å². The number of hydrogen-bond acceptors (Lipinski definition) is 7. The third-order valence-electron chi connectivity index (χ3n) is 4.30. The highest BCUT2D eigenvalue weighted by molar-refractivity contribution is 7.46. The summed E-state index contributed by atoms with van der Waals surface area (Å²) in [7, 11) is -5.05. The van der Waals surface area contributed by atoms with Gasteiger partial charge in [-0.15, -0.1) is 0 Å². The van der Waals surface area contributed by atoms with Crippen molar-refractivity contribution >= 4 is 13.8 Å². The summed E-state index contributed by atoms with van der Waals surface area (Å²) in [6.07, 6.45) is -3.18. The van der Waals surface area contributed by atoms with E-state index in [2.05, 4.69) is 4.52 Å². The highest BCUT2D eigenvalue weighted by Crippen LogP contribution is 2.41. The first-order valence-corrected chi connectivity index (χ1v) is 10.7. The number of ether oxygens (including phenoxy) is 3. The molecule has 0 fully saturated rings. The second kappa shape index (κ2) is 10.2. The summed E-state index contributed by atoms with van der Waals surface area (Å²) in [5, 5.41) is 9.53. The molecule has 0 spiro atoms. The zero-order chi connectivity index (χ0) is 23.3. The monoisotopic (exact) mass is 472 g/mol. The largest absolute Gasteiger partial charge is 0.485 e. The minimum atomic E-state index is -5.05. The number of phosphoric ester groups is 1. The van der Waals surface area contributed by atoms with E-state index in [4.69, 9.17) is 24.0 Å². The lowest BCUT2D eigenvalue weighted by molar-refractivity contribution is -0.148. The molecule has 2 aromatic rings. The molecule has 0 unspecified atom stereocenters.